The first-order chi connectivity index (χ1) is 8.00. The zero-order valence-electron chi connectivity index (χ0n) is 9.60. The zero-order valence-corrected chi connectivity index (χ0v) is 12.8. The topological polar surface area (TPSA) is 40.6 Å². The predicted molar refractivity (Wildman–Crippen MR) is 73.2 cm³/mol. The van der Waals surface area contributed by atoms with Gasteiger partial charge < -0.3 is 0 Å². The Hall–Kier alpha value is 0.0500. The molecule has 0 radical (unpaired) electrons. The highest BCUT2D eigenvalue weighted by molar-refractivity contribution is 9.11. The molecule has 96 valence electrons. The fraction of sp³-hybridized carbons (Fsp3) is 0.600. The van der Waals surface area contributed by atoms with E-state index in [1.165, 1.54) is 4.31 Å². The molecule has 1 aromatic heterocycles. The number of thiophene rings is 1. The molecule has 0 unspecified atom stereocenters. The summed E-state index contributed by atoms with van der Waals surface area (Å²) >= 11 is 4.95. The fourth-order valence-electron chi connectivity index (χ4n) is 1.85. The van der Waals surface area contributed by atoms with E-state index in [4.69, 9.17) is 0 Å². The van der Waals surface area contributed by atoms with Crippen LogP contribution in [0.2, 0.25) is 0 Å². The summed E-state index contributed by atoms with van der Waals surface area (Å²) in [5.41, 5.74) is 0. The SMILES string of the molecule is CN(Cc1ccc(Br)s1)S(=O)(=O)N1CCCC1. The van der Waals surface area contributed by atoms with Crippen LogP contribution in [0.3, 0.4) is 0 Å². The molecular formula is C10H15BrN2O2S2. The maximum Gasteiger partial charge on any atom is 0.282 e. The van der Waals surface area contributed by atoms with Crippen LogP contribution in [0.1, 0.15) is 17.7 Å². The summed E-state index contributed by atoms with van der Waals surface area (Å²) in [5.74, 6) is 0. The van der Waals surface area contributed by atoms with E-state index in [0.717, 1.165) is 21.5 Å². The predicted octanol–water partition coefficient (Wildman–Crippen LogP) is 2.28. The molecule has 0 aliphatic carbocycles. The second-order valence-corrected chi connectivity index (χ2v) is 8.66. The molecule has 1 fully saturated rings. The van der Waals surface area contributed by atoms with E-state index < -0.39 is 10.2 Å². The van der Waals surface area contributed by atoms with E-state index in [2.05, 4.69) is 15.9 Å². The van der Waals surface area contributed by atoms with Crippen LogP contribution in [0.15, 0.2) is 15.9 Å². The molecule has 1 saturated heterocycles. The number of hydrogen-bond acceptors (Lipinski definition) is 3. The van der Waals surface area contributed by atoms with Gasteiger partial charge in [0.25, 0.3) is 10.2 Å². The van der Waals surface area contributed by atoms with Crippen molar-refractivity contribution >= 4 is 37.5 Å². The molecule has 1 aromatic rings. The van der Waals surface area contributed by atoms with E-state index in [1.54, 1.807) is 22.7 Å². The normalized spacial score (nSPS) is 18.1. The van der Waals surface area contributed by atoms with E-state index in [0.29, 0.717) is 19.6 Å². The summed E-state index contributed by atoms with van der Waals surface area (Å²) < 4.78 is 28.4. The van der Waals surface area contributed by atoms with Crippen LogP contribution in [-0.2, 0) is 16.8 Å². The lowest BCUT2D eigenvalue weighted by atomic mass is 10.4. The second-order valence-electron chi connectivity index (χ2n) is 4.08. The molecule has 17 heavy (non-hydrogen) atoms. The molecule has 0 spiro atoms. The summed E-state index contributed by atoms with van der Waals surface area (Å²) in [4.78, 5) is 1.04. The third kappa shape index (κ3) is 3.08. The van der Waals surface area contributed by atoms with Crippen molar-refractivity contribution in [1.29, 1.82) is 0 Å². The van der Waals surface area contributed by atoms with Crippen LogP contribution in [0.25, 0.3) is 0 Å². The van der Waals surface area contributed by atoms with E-state index >= 15 is 0 Å². The highest BCUT2D eigenvalue weighted by Gasteiger charge is 2.29. The molecule has 0 saturated carbocycles. The molecule has 0 aromatic carbocycles. The Morgan fingerprint density at radius 2 is 2.06 bits per heavy atom. The highest BCUT2D eigenvalue weighted by Crippen LogP contribution is 2.24. The molecule has 1 aliphatic heterocycles. The van der Waals surface area contributed by atoms with E-state index in [9.17, 15) is 8.42 Å². The Kier molecular flexibility index (Phi) is 4.25. The molecule has 1 aliphatic rings. The Bertz CT molecular complexity index is 480. The van der Waals surface area contributed by atoms with Crippen molar-refractivity contribution in [2.24, 2.45) is 0 Å². The molecule has 0 atom stereocenters. The van der Waals surface area contributed by atoms with Crippen LogP contribution in [-0.4, -0.2) is 37.2 Å². The van der Waals surface area contributed by atoms with Crippen molar-refractivity contribution in [2.75, 3.05) is 20.1 Å². The molecular weight excluding hydrogens is 324 g/mol. The first kappa shape index (κ1) is 13.5. The van der Waals surface area contributed by atoms with Crippen molar-refractivity contribution in [3.05, 3.63) is 20.8 Å². The molecule has 0 bridgehead atoms. The minimum atomic E-state index is -3.27. The maximum atomic E-state index is 12.2. The minimum absolute atomic E-state index is 0.440. The van der Waals surface area contributed by atoms with Gasteiger partial charge in [-0.1, -0.05) is 0 Å². The molecule has 2 rings (SSSR count). The quantitative estimate of drug-likeness (QED) is 0.844. The lowest BCUT2D eigenvalue weighted by molar-refractivity contribution is 0.393. The number of nitrogens with zero attached hydrogens (tertiary/aromatic N) is 2. The Morgan fingerprint density at radius 1 is 1.41 bits per heavy atom. The average Bonchev–Trinajstić information content (AvgIpc) is 2.89. The van der Waals surface area contributed by atoms with Gasteiger partial charge in [0, 0.05) is 31.6 Å². The number of halogens is 1. The van der Waals surface area contributed by atoms with E-state index in [1.807, 2.05) is 12.1 Å². The Morgan fingerprint density at radius 3 is 2.59 bits per heavy atom. The van der Waals surface area contributed by atoms with Gasteiger partial charge in [-0.05, 0) is 40.9 Å². The summed E-state index contributed by atoms with van der Waals surface area (Å²) in [6.07, 6.45) is 1.94. The van der Waals surface area contributed by atoms with Gasteiger partial charge in [0.05, 0.1) is 3.79 Å². The third-order valence-electron chi connectivity index (χ3n) is 2.79. The average molecular weight is 339 g/mol. The lowest BCUT2D eigenvalue weighted by Gasteiger charge is -2.23. The van der Waals surface area contributed by atoms with Crippen molar-refractivity contribution in [3.63, 3.8) is 0 Å². The van der Waals surface area contributed by atoms with Crippen LogP contribution < -0.4 is 0 Å². The van der Waals surface area contributed by atoms with Crippen molar-refractivity contribution in [1.82, 2.24) is 8.61 Å². The Labute approximate surface area is 115 Å². The molecule has 2 heterocycles. The van der Waals surface area contributed by atoms with Crippen molar-refractivity contribution in [2.45, 2.75) is 19.4 Å². The zero-order chi connectivity index (χ0) is 12.5. The van der Waals surface area contributed by atoms with E-state index in [-0.39, 0.29) is 0 Å². The van der Waals surface area contributed by atoms with Crippen LogP contribution in [0.4, 0.5) is 0 Å². The van der Waals surface area contributed by atoms with Gasteiger partial charge in [-0.2, -0.15) is 17.0 Å². The smallest absolute Gasteiger partial charge is 0.195 e. The standard InChI is InChI=1S/C10H15BrN2O2S2/c1-12(8-9-4-5-10(11)16-9)17(14,15)13-6-2-3-7-13/h4-5H,2-3,6-8H2,1H3. The second kappa shape index (κ2) is 5.36. The molecule has 4 nitrogen and oxygen atoms in total. The van der Waals surface area contributed by atoms with Crippen molar-refractivity contribution in [3.8, 4) is 0 Å². The maximum absolute atomic E-state index is 12.2. The summed E-state index contributed by atoms with van der Waals surface area (Å²) in [6.45, 7) is 1.75. The van der Waals surface area contributed by atoms with Gasteiger partial charge in [-0.15, -0.1) is 11.3 Å². The number of rotatable bonds is 4. The van der Waals surface area contributed by atoms with Gasteiger partial charge in [0.15, 0.2) is 0 Å². The first-order valence-electron chi connectivity index (χ1n) is 5.46. The summed E-state index contributed by atoms with van der Waals surface area (Å²) in [5, 5.41) is 0. The monoisotopic (exact) mass is 338 g/mol. The van der Waals surface area contributed by atoms with Gasteiger partial charge >= 0.3 is 0 Å². The van der Waals surface area contributed by atoms with Gasteiger partial charge in [-0.25, -0.2) is 0 Å². The largest absolute Gasteiger partial charge is 0.282 e. The lowest BCUT2D eigenvalue weighted by Crippen LogP contribution is -2.39. The third-order valence-corrected chi connectivity index (χ3v) is 6.34. The Balaban J connectivity index is 2.06. The van der Waals surface area contributed by atoms with Crippen LogP contribution >= 0.6 is 27.3 Å². The summed E-state index contributed by atoms with van der Waals surface area (Å²) in [7, 11) is -1.63. The number of hydrogen-bond donors (Lipinski definition) is 0. The molecule has 0 amide bonds. The van der Waals surface area contributed by atoms with Crippen molar-refractivity contribution < 1.29 is 8.42 Å². The van der Waals surface area contributed by atoms with Gasteiger partial charge in [0.1, 0.15) is 0 Å². The first-order valence-corrected chi connectivity index (χ1v) is 8.46. The van der Waals surface area contributed by atoms with Crippen LogP contribution in [0.5, 0.6) is 0 Å². The molecule has 0 N–H and O–H groups in total. The molecule has 7 heteroatoms. The highest BCUT2D eigenvalue weighted by atomic mass is 79.9. The fourth-order valence-corrected chi connectivity index (χ4v) is 4.89. The van der Waals surface area contributed by atoms with Gasteiger partial charge in [0.2, 0.25) is 0 Å². The van der Waals surface area contributed by atoms with Crippen LogP contribution in [0, 0.1) is 0 Å². The van der Waals surface area contributed by atoms with Gasteiger partial charge in [-0.3, -0.25) is 0 Å². The minimum Gasteiger partial charge on any atom is -0.195 e. The summed E-state index contributed by atoms with van der Waals surface area (Å²) in [6, 6.07) is 3.89.